The molecule has 0 aromatic heterocycles. The number of nitrogens with one attached hydrogen (secondary N) is 2. The molecule has 28 heavy (non-hydrogen) atoms. The molecule has 1 heterocycles. The van der Waals surface area contributed by atoms with Crippen molar-refractivity contribution in [3.63, 3.8) is 0 Å². The number of anilines is 2. The third-order valence-corrected chi connectivity index (χ3v) is 5.40. The molecule has 1 aliphatic carbocycles. The van der Waals surface area contributed by atoms with Gasteiger partial charge in [0.1, 0.15) is 0 Å². The molecule has 144 valence electrons. The summed E-state index contributed by atoms with van der Waals surface area (Å²) in [5.41, 5.74) is -1.95. The van der Waals surface area contributed by atoms with Gasteiger partial charge in [-0.3, -0.25) is 0 Å². The van der Waals surface area contributed by atoms with Crippen molar-refractivity contribution in [2.75, 3.05) is 10.6 Å². The number of aliphatic imine (C=N–C) groups is 1. The van der Waals surface area contributed by atoms with E-state index in [9.17, 15) is 13.2 Å². The fraction of sp³-hybridized carbons (Fsp3) is 0.250. The molecule has 1 fully saturated rings. The molecule has 8 heteroatoms. The first-order valence-electron chi connectivity index (χ1n) is 8.56. The quantitative estimate of drug-likeness (QED) is 0.491. The smallest absolute Gasteiger partial charge is 0.326 e. The van der Waals surface area contributed by atoms with Crippen LogP contribution in [0.15, 0.2) is 51.9 Å². The van der Waals surface area contributed by atoms with Gasteiger partial charge in [-0.05, 0) is 59.1 Å². The maximum absolute atomic E-state index is 14.4. The van der Waals surface area contributed by atoms with E-state index in [2.05, 4.69) is 43.4 Å². The zero-order valence-corrected chi connectivity index (χ0v) is 16.7. The Labute approximate surface area is 173 Å². The van der Waals surface area contributed by atoms with Crippen molar-refractivity contribution >= 4 is 44.9 Å². The standard InChI is InChI=1S/C20H14BrClF3N3/c21-15-3-1-2-4-17(15)27-18-26-16-8-7-13(22)11-14(16)19(28-18,20(23,24)25)10-9-12-5-6-12/h1-4,7-8,11-12H,5-6H2,(H2,26,27,28). The first kappa shape index (κ1) is 19.2. The number of alkyl halides is 3. The number of rotatable bonds is 1. The van der Waals surface area contributed by atoms with Crippen molar-refractivity contribution in [2.24, 2.45) is 10.9 Å². The minimum absolute atomic E-state index is 0.00776. The van der Waals surface area contributed by atoms with E-state index in [1.807, 2.05) is 6.07 Å². The molecule has 1 saturated carbocycles. The minimum Gasteiger partial charge on any atom is -0.326 e. The normalized spacial score (nSPS) is 21.0. The van der Waals surface area contributed by atoms with Gasteiger partial charge >= 0.3 is 6.18 Å². The molecule has 1 aliphatic heterocycles. The van der Waals surface area contributed by atoms with Crippen LogP contribution < -0.4 is 10.6 Å². The van der Waals surface area contributed by atoms with E-state index < -0.39 is 11.7 Å². The van der Waals surface area contributed by atoms with Crippen molar-refractivity contribution in [1.29, 1.82) is 0 Å². The molecular weight excluding hydrogens is 455 g/mol. The number of fused-ring (bicyclic) bond motifs is 1. The van der Waals surface area contributed by atoms with Gasteiger partial charge in [0.25, 0.3) is 0 Å². The third kappa shape index (κ3) is 3.59. The van der Waals surface area contributed by atoms with Crippen LogP contribution in [0.4, 0.5) is 24.5 Å². The molecule has 0 saturated heterocycles. The largest absolute Gasteiger partial charge is 0.429 e. The Balaban J connectivity index is 1.87. The fourth-order valence-corrected chi connectivity index (χ4v) is 3.43. The zero-order valence-electron chi connectivity index (χ0n) is 14.4. The number of halogens is 5. The van der Waals surface area contributed by atoms with Crippen molar-refractivity contribution in [2.45, 2.75) is 24.6 Å². The molecule has 0 spiro atoms. The molecule has 2 N–H and O–H groups in total. The topological polar surface area (TPSA) is 36.4 Å². The van der Waals surface area contributed by atoms with Crippen molar-refractivity contribution in [3.05, 3.63) is 57.5 Å². The Morgan fingerprint density at radius 2 is 1.96 bits per heavy atom. The van der Waals surface area contributed by atoms with Crippen LogP contribution in [0.2, 0.25) is 5.02 Å². The van der Waals surface area contributed by atoms with E-state index in [1.54, 1.807) is 18.2 Å². The van der Waals surface area contributed by atoms with Gasteiger partial charge in [-0.1, -0.05) is 35.6 Å². The predicted molar refractivity (Wildman–Crippen MR) is 109 cm³/mol. The van der Waals surface area contributed by atoms with Crippen LogP contribution >= 0.6 is 27.5 Å². The Morgan fingerprint density at radius 1 is 1.21 bits per heavy atom. The summed E-state index contributed by atoms with van der Waals surface area (Å²) in [6.07, 6.45) is -3.10. The van der Waals surface area contributed by atoms with Crippen LogP contribution in [0.25, 0.3) is 0 Å². The lowest BCUT2D eigenvalue weighted by Gasteiger charge is -2.34. The summed E-state index contributed by atoms with van der Waals surface area (Å²) < 4.78 is 43.8. The molecular formula is C20H14BrClF3N3. The van der Waals surface area contributed by atoms with Crippen LogP contribution in [-0.4, -0.2) is 12.1 Å². The second-order valence-corrected chi connectivity index (χ2v) is 7.92. The predicted octanol–water partition coefficient (Wildman–Crippen LogP) is 6.17. The molecule has 2 aromatic carbocycles. The Kier molecular flexibility index (Phi) is 4.80. The number of hydrogen-bond acceptors (Lipinski definition) is 3. The van der Waals surface area contributed by atoms with Crippen LogP contribution in [0.1, 0.15) is 18.4 Å². The van der Waals surface area contributed by atoms with Crippen LogP contribution in [0.5, 0.6) is 0 Å². The molecule has 0 bridgehead atoms. The molecule has 2 aliphatic rings. The molecule has 0 radical (unpaired) electrons. The maximum Gasteiger partial charge on any atom is 0.429 e. The molecule has 0 amide bonds. The summed E-state index contributed by atoms with van der Waals surface area (Å²) in [6, 6.07) is 11.4. The van der Waals surface area contributed by atoms with E-state index in [1.165, 1.54) is 18.2 Å². The van der Waals surface area contributed by atoms with Gasteiger partial charge in [-0.25, -0.2) is 4.99 Å². The molecule has 4 rings (SSSR count). The van der Waals surface area contributed by atoms with Gasteiger partial charge in [0.15, 0.2) is 0 Å². The van der Waals surface area contributed by atoms with Crippen molar-refractivity contribution in [1.82, 2.24) is 0 Å². The number of benzene rings is 2. The van der Waals surface area contributed by atoms with Crippen molar-refractivity contribution < 1.29 is 13.2 Å². The highest BCUT2D eigenvalue weighted by Crippen LogP contribution is 2.48. The number of hydrogen-bond donors (Lipinski definition) is 2. The zero-order chi connectivity index (χ0) is 19.9. The van der Waals surface area contributed by atoms with Crippen molar-refractivity contribution in [3.8, 4) is 11.8 Å². The van der Waals surface area contributed by atoms with E-state index >= 15 is 0 Å². The summed E-state index contributed by atoms with van der Waals surface area (Å²) >= 11 is 9.38. The minimum atomic E-state index is -4.72. The van der Waals surface area contributed by atoms with Gasteiger partial charge in [0.2, 0.25) is 11.5 Å². The summed E-state index contributed by atoms with van der Waals surface area (Å²) in [5, 5.41) is 6.04. The second kappa shape index (κ2) is 7.02. The maximum atomic E-state index is 14.4. The van der Waals surface area contributed by atoms with E-state index in [0.717, 1.165) is 12.8 Å². The van der Waals surface area contributed by atoms with Gasteiger partial charge in [-0.2, -0.15) is 13.2 Å². The Bertz CT molecular complexity index is 1020. The number of para-hydroxylation sites is 1. The lowest BCUT2D eigenvalue weighted by atomic mass is 9.87. The average Bonchev–Trinajstić information content (AvgIpc) is 3.45. The van der Waals surface area contributed by atoms with Gasteiger partial charge in [0.05, 0.1) is 5.69 Å². The van der Waals surface area contributed by atoms with E-state index in [-0.39, 0.29) is 28.2 Å². The van der Waals surface area contributed by atoms with E-state index in [0.29, 0.717) is 10.2 Å². The number of guanidine groups is 1. The first-order chi connectivity index (χ1) is 13.3. The van der Waals surface area contributed by atoms with Gasteiger partial charge in [-0.15, -0.1) is 0 Å². The Morgan fingerprint density at radius 3 is 2.64 bits per heavy atom. The highest BCUT2D eigenvalue weighted by Gasteiger charge is 2.58. The second-order valence-electron chi connectivity index (χ2n) is 6.63. The number of nitrogens with zero attached hydrogens (tertiary/aromatic N) is 1. The van der Waals surface area contributed by atoms with E-state index in [4.69, 9.17) is 11.6 Å². The summed E-state index contributed by atoms with van der Waals surface area (Å²) in [7, 11) is 0. The van der Waals surface area contributed by atoms with Crippen LogP contribution in [0, 0.1) is 17.8 Å². The summed E-state index contributed by atoms with van der Waals surface area (Å²) in [4.78, 5) is 4.02. The average molecular weight is 469 g/mol. The summed E-state index contributed by atoms with van der Waals surface area (Å²) in [5.74, 6) is 5.14. The molecule has 1 atom stereocenters. The SMILES string of the molecule is FC(F)(F)C1(C#CC2CC2)N=C(Nc2ccccc2Br)Nc2ccc(Cl)cc21. The molecule has 3 nitrogen and oxygen atoms in total. The Hall–Kier alpha value is -2.17. The van der Waals surface area contributed by atoms with Crippen LogP contribution in [-0.2, 0) is 5.54 Å². The highest BCUT2D eigenvalue weighted by molar-refractivity contribution is 9.10. The van der Waals surface area contributed by atoms with Gasteiger partial charge < -0.3 is 10.6 Å². The fourth-order valence-electron chi connectivity index (χ4n) is 2.87. The van der Waals surface area contributed by atoms with Gasteiger partial charge in [0, 0.05) is 26.7 Å². The summed E-state index contributed by atoms with van der Waals surface area (Å²) in [6.45, 7) is 0. The lowest BCUT2D eigenvalue weighted by molar-refractivity contribution is -0.170. The van der Waals surface area contributed by atoms with Crippen LogP contribution in [0.3, 0.4) is 0 Å². The molecule has 1 unspecified atom stereocenters. The monoisotopic (exact) mass is 467 g/mol. The highest BCUT2D eigenvalue weighted by atomic mass is 79.9. The third-order valence-electron chi connectivity index (χ3n) is 4.48. The lowest BCUT2D eigenvalue weighted by Crippen LogP contribution is -2.45. The molecule has 2 aromatic rings. The first-order valence-corrected chi connectivity index (χ1v) is 9.73.